The number of hydrogen-bond donors (Lipinski definition) is 0. The Morgan fingerprint density at radius 2 is 0.789 bits per heavy atom. The van der Waals surface area contributed by atoms with Crippen molar-refractivity contribution in [3.63, 3.8) is 0 Å². The van der Waals surface area contributed by atoms with Crippen molar-refractivity contribution in [1.82, 2.24) is 0 Å². The topological polar surface area (TPSA) is 19.6 Å². The molecule has 12 aromatic carbocycles. The van der Waals surface area contributed by atoms with E-state index in [1.54, 1.807) is 0 Å². The summed E-state index contributed by atoms with van der Waals surface area (Å²) in [6, 6.07) is 103. The molecule has 1 atom stereocenters. The van der Waals surface area contributed by atoms with Crippen LogP contribution in [0.1, 0.15) is 22.3 Å². The largest absolute Gasteiger partial charge is 0.456 e. The van der Waals surface area contributed by atoms with Gasteiger partial charge in [-0.1, -0.05) is 206 Å². The Bertz CT molecular complexity index is 4480. The third kappa shape index (κ3) is 6.05. The lowest BCUT2D eigenvalue weighted by atomic mass is 9.66. The number of benzene rings is 12. The fourth-order valence-corrected chi connectivity index (χ4v) is 13.3. The van der Waals surface area contributed by atoms with Crippen molar-refractivity contribution in [2.24, 2.45) is 0 Å². The van der Waals surface area contributed by atoms with Gasteiger partial charge in [0.15, 0.2) is 0 Å². The van der Waals surface area contributed by atoms with Crippen LogP contribution in [0.15, 0.2) is 283 Å². The maximum atomic E-state index is 6.64. The molecule has 1 unspecified atom stereocenters. The Hall–Kier alpha value is -9.96. The SMILES string of the molecule is c1ccc(-c2ccc(N(c3ccc4c(c3)-c3ccccc3N(c3ccccc3)c3ccccc3-4)c3ccc4c(c3)-c3ccccc3-c3ccccc3C43c4ccccc4-c4c3ccc3oc5ccccc5c43)cc2)cc1. The molecule has 16 rings (SSSR count). The molecule has 354 valence electrons. The maximum absolute atomic E-state index is 6.64. The van der Waals surface area contributed by atoms with E-state index in [9.17, 15) is 0 Å². The van der Waals surface area contributed by atoms with Crippen molar-refractivity contribution >= 4 is 56.1 Å². The molecule has 0 radical (unpaired) electrons. The molecule has 0 fully saturated rings. The van der Waals surface area contributed by atoms with Gasteiger partial charge in [-0.3, -0.25) is 0 Å². The smallest absolute Gasteiger partial charge is 0.136 e. The van der Waals surface area contributed by atoms with Crippen molar-refractivity contribution in [2.75, 3.05) is 9.80 Å². The highest BCUT2D eigenvalue weighted by Gasteiger charge is 2.50. The summed E-state index contributed by atoms with van der Waals surface area (Å²) >= 11 is 0. The summed E-state index contributed by atoms with van der Waals surface area (Å²) in [5, 5.41) is 2.30. The fourth-order valence-electron chi connectivity index (χ4n) is 13.3. The summed E-state index contributed by atoms with van der Waals surface area (Å²) in [5.41, 5.74) is 27.2. The van der Waals surface area contributed by atoms with Gasteiger partial charge in [-0.2, -0.15) is 0 Å². The third-order valence-electron chi connectivity index (χ3n) is 16.4. The number of para-hydroxylation sites is 4. The van der Waals surface area contributed by atoms with E-state index in [2.05, 4.69) is 289 Å². The highest BCUT2D eigenvalue weighted by molar-refractivity contribution is 6.16. The summed E-state index contributed by atoms with van der Waals surface area (Å²) in [6.45, 7) is 0. The number of rotatable bonds is 5. The van der Waals surface area contributed by atoms with E-state index in [1.807, 2.05) is 0 Å². The van der Waals surface area contributed by atoms with Crippen LogP contribution < -0.4 is 9.80 Å². The van der Waals surface area contributed by atoms with Gasteiger partial charge < -0.3 is 14.2 Å². The van der Waals surface area contributed by atoms with E-state index in [0.29, 0.717) is 0 Å². The molecule has 0 saturated carbocycles. The molecule has 2 aliphatic carbocycles. The fraction of sp³-hybridized carbons (Fsp3) is 0.0137. The molecule has 1 aliphatic heterocycles. The van der Waals surface area contributed by atoms with E-state index in [0.717, 1.165) is 50.7 Å². The maximum Gasteiger partial charge on any atom is 0.136 e. The molecule has 0 amide bonds. The van der Waals surface area contributed by atoms with Gasteiger partial charge in [0.05, 0.1) is 16.8 Å². The minimum absolute atomic E-state index is 0.671. The minimum Gasteiger partial charge on any atom is -0.456 e. The van der Waals surface area contributed by atoms with E-state index in [1.165, 1.54) is 94.4 Å². The van der Waals surface area contributed by atoms with E-state index in [-0.39, 0.29) is 0 Å². The van der Waals surface area contributed by atoms with Gasteiger partial charge in [0.1, 0.15) is 11.2 Å². The van der Waals surface area contributed by atoms with Crippen molar-refractivity contribution in [1.29, 1.82) is 0 Å². The normalized spacial score (nSPS) is 14.3. The Kier molecular flexibility index (Phi) is 9.25. The van der Waals surface area contributed by atoms with Gasteiger partial charge in [0.25, 0.3) is 0 Å². The highest BCUT2D eigenvalue weighted by Crippen LogP contribution is 2.64. The monoisotopic (exact) mass is 966 g/mol. The Morgan fingerprint density at radius 1 is 0.303 bits per heavy atom. The molecule has 1 aromatic heterocycles. The Morgan fingerprint density at radius 3 is 1.53 bits per heavy atom. The Labute approximate surface area is 441 Å². The van der Waals surface area contributed by atoms with Crippen molar-refractivity contribution < 1.29 is 4.42 Å². The molecule has 3 heteroatoms. The van der Waals surface area contributed by atoms with Gasteiger partial charge in [0.2, 0.25) is 0 Å². The second-order valence-corrected chi connectivity index (χ2v) is 20.3. The van der Waals surface area contributed by atoms with Crippen molar-refractivity contribution in [2.45, 2.75) is 5.41 Å². The van der Waals surface area contributed by atoms with Crippen molar-refractivity contribution in [3.8, 4) is 66.8 Å². The predicted octanol–water partition coefficient (Wildman–Crippen LogP) is 19.9. The number of nitrogens with zero attached hydrogens (tertiary/aromatic N) is 2. The molecule has 0 bridgehead atoms. The van der Waals surface area contributed by atoms with Gasteiger partial charge in [-0.05, 0) is 151 Å². The first-order valence-electron chi connectivity index (χ1n) is 26.2. The van der Waals surface area contributed by atoms with Gasteiger partial charge in [-0.15, -0.1) is 0 Å². The number of anilines is 6. The molecule has 76 heavy (non-hydrogen) atoms. The van der Waals surface area contributed by atoms with Crippen LogP contribution >= 0.6 is 0 Å². The second-order valence-electron chi connectivity index (χ2n) is 20.3. The molecule has 0 N–H and O–H groups in total. The average molecular weight is 967 g/mol. The first-order valence-corrected chi connectivity index (χ1v) is 26.2. The lowest BCUT2D eigenvalue weighted by Gasteiger charge is -2.36. The first-order chi connectivity index (χ1) is 37.7. The standard InChI is InChI=1S/C73H46N2O/c1-3-19-47(20-4-1)48-35-37-50(38-36-48)74(51-39-41-55-57-26-11-16-32-67(57)75(49-21-5-2-6-22-49)68-33-17-12-27-58(68)61(55)45-51)52-40-42-65-62(46-52)54-24-8-7-23-53(54)56-25-9-14-30-63(56)73(65)64-31-15-10-28-59(64)71-66(73)43-44-70-72(71)60-29-13-18-34-69(60)76-70/h1-46H. The van der Waals surface area contributed by atoms with Gasteiger partial charge in [-0.25, -0.2) is 0 Å². The average Bonchev–Trinajstić information content (AvgIpc) is 4.15. The summed E-state index contributed by atoms with van der Waals surface area (Å²) < 4.78 is 6.64. The number of hydrogen-bond acceptors (Lipinski definition) is 3. The second kappa shape index (κ2) is 16.5. The molecular formula is C73H46N2O. The predicted molar refractivity (Wildman–Crippen MR) is 315 cm³/mol. The van der Waals surface area contributed by atoms with Gasteiger partial charge >= 0.3 is 0 Å². The van der Waals surface area contributed by atoms with Crippen LogP contribution in [-0.2, 0) is 5.41 Å². The van der Waals surface area contributed by atoms with Crippen LogP contribution in [0.5, 0.6) is 0 Å². The molecule has 13 aromatic rings. The minimum atomic E-state index is -0.671. The quantitative estimate of drug-likeness (QED) is 0.171. The summed E-state index contributed by atoms with van der Waals surface area (Å²) in [7, 11) is 0. The zero-order chi connectivity index (χ0) is 49.9. The molecule has 3 aliphatic rings. The van der Waals surface area contributed by atoms with Crippen LogP contribution in [-0.4, -0.2) is 0 Å². The summed E-state index contributed by atoms with van der Waals surface area (Å²) in [4.78, 5) is 4.89. The zero-order valence-corrected chi connectivity index (χ0v) is 41.4. The van der Waals surface area contributed by atoms with Crippen LogP contribution in [0.3, 0.4) is 0 Å². The summed E-state index contributed by atoms with van der Waals surface area (Å²) in [6.07, 6.45) is 0. The van der Waals surface area contributed by atoms with Crippen LogP contribution in [0, 0.1) is 0 Å². The first kappa shape index (κ1) is 42.5. The molecule has 1 spiro atoms. The zero-order valence-electron chi connectivity index (χ0n) is 41.4. The summed E-state index contributed by atoms with van der Waals surface area (Å²) in [5.74, 6) is 0. The van der Waals surface area contributed by atoms with Gasteiger partial charge in [0, 0.05) is 44.6 Å². The van der Waals surface area contributed by atoms with Crippen LogP contribution in [0.2, 0.25) is 0 Å². The van der Waals surface area contributed by atoms with Crippen LogP contribution in [0.4, 0.5) is 34.1 Å². The lowest BCUT2D eigenvalue weighted by molar-refractivity contribution is 0.668. The molecule has 2 heterocycles. The Balaban J connectivity index is 0.969. The highest BCUT2D eigenvalue weighted by atomic mass is 16.3. The van der Waals surface area contributed by atoms with E-state index in [4.69, 9.17) is 4.42 Å². The van der Waals surface area contributed by atoms with Crippen LogP contribution in [0.25, 0.3) is 88.7 Å². The lowest BCUT2D eigenvalue weighted by Crippen LogP contribution is -2.29. The molecule has 0 saturated heterocycles. The number of fused-ring (bicyclic) bond motifs is 21. The number of furan rings is 1. The molecule has 3 nitrogen and oxygen atoms in total. The molecular weight excluding hydrogens is 921 g/mol. The third-order valence-corrected chi connectivity index (χ3v) is 16.4. The van der Waals surface area contributed by atoms with E-state index < -0.39 is 5.41 Å². The van der Waals surface area contributed by atoms with Crippen molar-refractivity contribution in [3.05, 3.63) is 301 Å². The van der Waals surface area contributed by atoms with E-state index >= 15 is 0 Å².